The van der Waals surface area contributed by atoms with Gasteiger partial charge in [0.15, 0.2) is 0 Å². The number of aromatic nitrogens is 1. The Hall–Kier alpha value is -1.25. The highest BCUT2D eigenvalue weighted by Crippen LogP contribution is 2.46. The van der Waals surface area contributed by atoms with Crippen LogP contribution in [0.1, 0.15) is 25.0 Å². The van der Waals surface area contributed by atoms with E-state index in [2.05, 4.69) is 70.9 Å². The highest BCUT2D eigenvalue weighted by atomic mass is 79.9. The number of benzene rings is 2. The van der Waals surface area contributed by atoms with Crippen molar-refractivity contribution in [2.75, 3.05) is 0 Å². The molecule has 1 aliphatic rings. The number of nitrogens with zero attached hydrogens (tertiary/aromatic N) is 1. The lowest BCUT2D eigenvalue weighted by molar-refractivity contribution is 0.628. The lowest BCUT2D eigenvalue weighted by Gasteiger charge is -2.34. The lowest BCUT2D eigenvalue weighted by Crippen LogP contribution is -2.26. The van der Waals surface area contributed by atoms with E-state index >= 15 is 0 Å². The summed E-state index contributed by atoms with van der Waals surface area (Å²) in [5.41, 5.74) is 5.07. The molecule has 1 aliphatic heterocycles. The Morgan fingerprint density at radius 3 is 2.65 bits per heavy atom. The number of hydrogen-bond donors (Lipinski definition) is 0. The van der Waals surface area contributed by atoms with Gasteiger partial charge in [-0.1, -0.05) is 43.6 Å². The van der Waals surface area contributed by atoms with Gasteiger partial charge in [-0.2, -0.15) is 0 Å². The smallest absolute Gasteiger partial charge is 0.0582 e. The molecule has 1 aromatic heterocycles. The Labute approximate surface area is 131 Å². The molecule has 0 unspecified atom stereocenters. The highest BCUT2D eigenvalue weighted by Gasteiger charge is 2.34. The average Bonchev–Trinajstić information content (AvgIpc) is 2.74. The predicted molar refractivity (Wildman–Crippen MR) is 88.1 cm³/mol. The first-order valence-electron chi connectivity index (χ1n) is 6.60. The van der Waals surface area contributed by atoms with Crippen LogP contribution >= 0.6 is 27.5 Å². The van der Waals surface area contributed by atoms with Crippen molar-refractivity contribution in [2.45, 2.75) is 19.3 Å². The highest BCUT2D eigenvalue weighted by molar-refractivity contribution is 9.10. The zero-order valence-electron chi connectivity index (χ0n) is 11.2. The predicted octanol–water partition coefficient (Wildman–Crippen LogP) is 5.69. The summed E-state index contributed by atoms with van der Waals surface area (Å²) >= 11 is 10.00. The minimum Gasteiger partial charge on any atom is -0.315 e. The third-order valence-corrected chi connectivity index (χ3v) is 5.18. The molecule has 0 amide bonds. The third kappa shape index (κ3) is 1.44. The van der Waals surface area contributed by atoms with Crippen LogP contribution in [-0.4, -0.2) is 4.57 Å². The summed E-state index contributed by atoms with van der Waals surface area (Å²) in [7, 11) is 0. The molecule has 0 fully saturated rings. The van der Waals surface area contributed by atoms with Crippen molar-refractivity contribution in [2.24, 2.45) is 0 Å². The molecule has 0 saturated carbocycles. The third-order valence-electron chi connectivity index (χ3n) is 4.33. The SMILES string of the molecule is CC1(C)c2ccccc2-n2cc(Br)c3cc(Cl)cc1c32. The quantitative estimate of drug-likeness (QED) is 0.493. The molecular weight excluding hydrogens is 334 g/mol. The van der Waals surface area contributed by atoms with Crippen molar-refractivity contribution in [3.63, 3.8) is 0 Å². The summed E-state index contributed by atoms with van der Waals surface area (Å²) in [4.78, 5) is 0. The molecule has 100 valence electrons. The van der Waals surface area contributed by atoms with Gasteiger partial charge in [-0.15, -0.1) is 0 Å². The zero-order chi connectivity index (χ0) is 14.1. The van der Waals surface area contributed by atoms with Gasteiger partial charge in [0.25, 0.3) is 0 Å². The molecule has 20 heavy (non-hydrogen) atoms. The number of fused-ring (bicyclic) bond motifs is 2. The van der Waals surface area contributed by atoms with E-state index in [1.807, 2.05) is 6.07 Å². The Kier molecular flexibility index (Phi) is 2.43. The molecule has 0 radical (unpaired) electrons. The van der Waals surface area contributed by atoms with E-state index in [4.69, 9.17) is 11.6 Å². The molecule has 2 aromatic carbocycles. The minimum absolute atomic E-state index is 0.0481. The van der Waals surface area contributed by atoms with Crippen molar-refractivity contribution in [1.82, 2.24) is 4.57 Å². The summed E-state index contributed by atoms with van der Waals surface area (Å²) in [6, 6.07) is 12.7. The van der Waals surface area contributed by atoms with Gasteiger partial charge < -0.3 is 4.57 Å². The largest absolute Gasteiger partial charge is 0.315 e. The van der Waals surface area contributed by atoms with Gasteiger partial charge in [0.1, 0.15) is 0 Å². The van der Waals surface area contributed by atoms with Gasteiger partial charge in [-0.3, -0.25) is 0 Å². The topological polar surface area (TPSA) is 4.93 Å². The van der Waals surface area contributed by atoms with Crippen molar-refractivity contribution in [3.05, 3.63) is 63.2 Å². The van der Waals surface area contributed by atoms with Gasteiger partial charge in [-0.25, -0.2) is 0 Å². The summed E-state index contributed by atoms with van der Waals surface area (Å²) < 4.78 is 3.36. The lowest BCUT2D eigenvalue weighted by atomic mass is 9.75. The van der Waals surface area contributed by atoms with Crippen LogP contribution in [0.3, 0.4) is 0 Å². The van der Waals surface area contributed by atoms with E-state index in [9.17, 15) is 0 Å². The van der Waals surface area contributed by atoms with Crippen LogP contribution in [0.2, 0.25) is 5.02 Å². The number of para-hydroxylation sites is 1. The van der Waals surface area contributed by atoms with E-state index in [-0.39, 0.29) is 5.41 Å². The number of rotatable bonds is 0. The summed E-state index contributed by atoms with van der Waals surface area (Å²) in [6.45, 7) is 4.53. The van der Waals surface area contributed by atoms with Crippen molar-refractivity contribution >= 4 is 38.4 Å². The minimum atomic E-state index is -0.0481. The molecule has 4 rings (SSSR count). The van der Waals surface area contributed by atoms with Crippen LogP contribution in [0.5, 0.6) is 0 Å². The zero-order valence-corrected chi connectivity index (χ0v) is 13.6. The second-order valence-electron chi connectivity index (χ2n) is 5.84. The van der Waals surface area contributed by atoms with Crippen LogP contribution in [0.25, 0.3) is 16.6 Å². The fourth-order valence-corrected chi connectivity index (χ4v) is 4.04. The number of hydrogen-bond acceptors (Lipinski definition) is 0. The molecule has 0 aliphatic carbocycles. The molecular formula is C17H13BrClN. The fourth-order valence-electron chi connectivity index (χ4n) is 3.31. The Morgan fingerprint density at radius 2 is 1.85 bits per heavy atom. The van der Waals surface area contributed by atoms with E-state index in [0.717, 1.165) is 9.50 Å². The maximum Gasteiger partial charge on any atom is 0.0582 e. The van der Waals surface area contributed by atoms with Gasteiger partial charge in [0, 0.05) is 32.2 Å². The normalized spacial score (nSPS) is 15.4. The summed E-state index contributed by atoms with van der Waals surface area (Å²) in [5.74, 6) is 0. The summed E-state index contributed by atoms with van der Waals surface area (Å²) in [5, 5.41) is 1.97. The van der Waals surface area contributed by atoms with Crippen molar-refractivity contribution in [1.29, 1.82) is 0 Å². The van der Waals surface area contributed by atoms with Crippen LogP contribution in [0, 0.1) is 0 Å². The maximum absolute atomic E-state index is 6.33. The van der Waals surface area contributed by atoms with Crippen LogP contribution in [0.4, 0.5) is 0 Å². The van der Waals surface area contributed by atoms with Crippen LogP contribution in [-0.2, 0) is 5.41 Å². The van der Waals surface area contributed by atoms with Gasteiger partial charge in [0.2, 0.25) is 0 Å². The Bertz CT molecular complexity index is 861. The maximum atomic E-state index is 6.33. The van der Waals surface area contributed by atoms with Crippen molar-refractivity contribution in [3.8, 4) is 5.69 Å². The Morgan fingerprint density at radius 1 is 1.10 bits per heavy atom. The average molecular weight is 347 g/mol. The molecule has 0 spiro atoms. The molecule has 0 atom stereocenters. The first kappa shape index (κ1) is 12.5. The van der Waals surface area contributed by atoms with Crippen molar-refractivity contribution < 1.29 is 0 Å². The van der Waals surface area contributed by atoms with E-state index in [1.165, 1.54) is 27.7 Å². The second kappa shape index (κ2) is 3.90. The monoisotopic (exact) mass is 345 g/mol. The van der Waals surface area contributed by atoms with Gasteiger partial charge in [-0.05, 0) is 45.3 Å². The molecule has 3 heteroatoms. The second-order valence-corrected chi connectivity index (χ2v) is 7.13. The van der Waals surface area contributed by atoms with Crippen LogP contribution in [0.15, 0.2) is 47.1 Å². The fraction of sp³-hybridized carbons (Fsp3) is 0.176. The van der Waals surface area contributed by atoms with Crippen LogP contribution < -0.4 is 0 Å². The molecule has 0 bridgehead atoms. The number of halogens is 2. The first-order chi connectivity index (χ1) is 9.50. The first-order valence-corrected chi connectivity index (χ1v) is 7.78. The van der Waals surface area contributed by atoms with E-state index in [0.29, 0.717) is 0 Å². The summed E-state index contributed by atoms with van der Waals surface area (Å²) in [6.07, 6.45) is 2.14. The molecule has 0 N–H and O–H groups in total. The molecule has 3 aromatic rings. The van der Waals surface area contributed by atoms with Gasteiger partial charge >= 0.3 is 0 Å². The molecule has 1 nitrogen and oxygen atoms in total. The van der Waals surface area contributed by atoms with Gasteiger partial charge in [0.05, 0.1) is 5.52 Å². The standard InChI is InChI=1S/C17H13BrClN/c1-17(2)12-5-3-4-6-15(12)20-9-14(18)11-7-10(19)8-13(17)16(11)20/h3-9H,1-2H3. The molecule has 2 heterocycles. The van der Waals surface area contributed by atoms with E-state index in [1.54, 1.807) is 0 Å². The Balaban J connectivity index is 2.28. The molecule has 0 saturated heterocycles. The van der Waals surface area contributed by atoms with E-state index < -0.39 is 0 Å².